The van der Waals surface area contributed by atoms with Crippen LogP contribution in [-0.4, -0.2) is 20.1 Å². The lowest BCUT2D eigenvalue weighted by molar-refractivity contribution is 0.168. The minimum atomic E-state index is -0.680. The molecule has 114 valence electrons. The first-order chi connectivity index (χ1) is 10.5. The molecule has 0 radical (unpaired) electrons. The third kappa shape index (κ3) is 2.62. The summed E-state index contributed by atoms with van der Waals surface area (Å²) < 4.78 is 0. The van der Waals surface area contributed by atoms with Crippen LogP contribution < -0.4 is 0 Å². The van der Waals surface area contributed by atoms with Gasteiger partial charge in [-0.2, -0.15) is 0 Å². The van der Waals surface area contributed by atoms with Crippen LogP contribution >= 0.6 is 0 Å². The number of aliphatic hydroxyl groups is 1. The van der Waals surface area contributed by atoms with E-state index in [2.05, 4.69) is 35.7 Å². The molecule has 0 amide bonds. The van der Waals surface area contributed by atoms with Gasteiger partial charge in [0, 0.05) is 18.3 Å². The van der Waals surface area contributed by atoms with E-state index in [1.54, 1.807) is 0 Å². The molecule has 2 heterocycles. The molecule has 0 bridgehead atoms. The predicted molar refractivity (Wildman–Crippen MR) is 87.9 cm³/mol. The Morgan fingerprint density at radius 2 is 1.91 bits per heavy atom. The van der Waals surface area contributed by atoms with Crippen LogP contribution in [0.1, 0.15) is 39.9 Å². The summed E-state index contributed by atoms with van der Waals surface area (Å²) in [4.78, 5) is 12.2. The minimum Gasteiger partial charge on any atom is -0.385 e. The predicted octanol–water partition coefficient (Wildman–Crippen LogP) is 3.47. The van der Waals surface area contributed by atoms with Gasteiger partial charge in [-0.1, -0.05) is 6.07 Å². The highest BCUT2D eigenvalue weighted by Gasteiger charge is 2.16. The molecule has 2 aromatic heterocycles. The molecule has 0 aliphatic rings. The maximum absolute atomic E-state index is 10.5. The van der Waals surface area contributed by atoms with E-state index < -0.39 is 6.10 Å². The van der Waals surface area contributed by atoms with Crippen LogP contribution in [0.25, 0.3) is 11.0 Å². The fraction of sp³-hybridized carbons (Fsp3) is 0.333. The molecule has 0 spiro atoms. The fourth-order valence-electron chi connectivity index (χ4n) is 2.67. The number of benzene rings is 1. The Morgan fingerprint density at radius 3 is 2.68 bits per heavy atom. The van der Waals surface area contributed by atoms with Crippen molar-refractivity contribution in [2.75, 3.05) is 0 Å². The normalized spacial score (nSPS) is 12.8. The van der Waals surface area contributed by atoms with E-state index in [1.807, 2.05) is 31.3 Å². The van der Waals surface area contributed by atoms with Gasteiger partial charge in [0.05, 0.1) is 11.0 Å². The number of aromatic nitrogens is 3. The monoisotopic (exact) mass is 295 g/mol. The van der Waals surface area contributed by atoms with Crippen molar-refractivity contribution in [2.24, 2.45) is 0 Å². The highest BCUT2D eigenvalue weighted by Crippen LogP contribution is 2.22. The second-order valence-corrected chi connectivity index (χ2v) is 6.00. The van der Waals surface area contributed by atoms with Gasteiger partial charge in [0.1, 0.15) is 11.9 Å². The summed E-state index contributed by atoms with van der Waals surface area (Å²) in [6, 6.07) is 6.03. The third-order valence-corrected chi connectivity index (χ3v) is 4.36. The van der Waals surface area contributed by atoms with Crippen molar-refractivity contribution in [1.29, 1.82) is 0 Å². The molecule has 3 rings (SSSR count). The molecule has 0 aliphatic carbocycles. The molecule has 1 atom stereocenters. The number of fused-ring (bicyclic) bond motifs is 1. The van der Waals surface area contributed by atoms with Crippen molar-refractivity contribution in [1.82, 2.24) is 15.0 Å². The van der Waals surface area contributed by atoms with E-state index in [9.17, 15) is 5.11 Å². The number of nitrogens with one attached hydrogen (secondary N) is 1. The highest BCUT2D eigenvalue weighted by molar-refractivity contribution is 5.75. The number of imidazole rings is 1. The number of rotatable bonds is 3. The number of aromatic amines is 1. The summed E-state index contributed by atoms with van der Waals surface area (Å²) in [6.07, 6.45) is 1.65. The first kappa shape index (κ1) is 14.7. The van der Waals surface area contributed by atoms with Crippen LogP contribution in [0.2, 0.25) is 0 Å². The van der Waals surface area contributed by atoms with Crippen molar-refractivity contribution < 1.29 is 5.11 Å². The number of H-pyrrole nitrogens is 1. The van der Waals surface area contributed by atoms with Gasteiger partial charge >= 0.3 is 0 Å². The first-order valence-electron chi connectivity index (χ1n) is 7.51. The summed E-state index contributed by atoms with van der Waals surface area (Å²) in [6.45, 7) is 8.24. The van der Waals surface area contributed by atoms with Crippen molar-refractivity contribution in [3.8, 4) is 0 Å². The standard InChI is InChI=1S/C18H21N3O/c1-10-5-6-14-16(7-10)21-18(20-14)17(22)8-15-13(4)12(3)11(2)9-19-15/h5-7,9,17,22H,8H2,1-4H3,(H,20,21). The lowest BCUT2D eigenvalue weighted by atomic mass is 10.0. The largest absolute Gasteiger partial charge is 0.385 e. The number of pyridine rings is 1. The van der Waals surface area contributed by atoms with E-state index in [4.69, 9.17) is 0 Å². The molecule has 22 heavy (non-hydrogen) atoms. The Hall–Kier alpha value is -2.20. The molecule has 0 fully saturated rings. The van der Waals surface area contributed by atoms with E-state index in [0.717, 1.165) is 22.3 Å². The molecular weight excluding hydrogens is 274 g/mol. The molecule has 4 nitrogen and oxygen atoms in total. The number of nitrogens with zero attached hydrogens (tertiary/aromatic N) is 2. The Balaban J connectivity index is 1.90. The summed E-state index contributed by atoms with van der Waals surface area (Å²) >= 11 is 0. The van der Waals surface area contributed by atoms with Gasteiger partial charge in [-0.15, -0.1) is 0 Å². The molecule has 1 unspecified atom stereocenters. The van der Waals surface area contributed by atoms with Gasteiger partial charge in [-0.25, -0.2) is 4.98 Å². The Morgan fingerprint density at radius 1 is 1.14 bits per heavy atom. The molecule has 1 aromatic carbocycles. The summed E-state index contributed by atoms with van der Waals surface area (Å²) in [5.41, 5.74) is 7.48. The highest BCUT2D eigenvalue weighted by atomic mass is 16.3. The van der Waals surface area contributed by atoms with E-state index >= 15 is 0 Å². The van der Waals surface area contributed by atoms with Gasteiger partial charge in [0.15, 0.2) is 0 Å². The summed E-state index contributed by atoms with van der Waals surface area (Å²) in [7, 11) is 0. The fourth-order valence-corrected chi connectivity index (χ4v) is 2.67. The average Bonchev–Trinajstić information content (AvgIpc) is 2.91. The minimum absolute atomic E-state index is 0.464. The molecule has 0 saturated carbocycles. The molecule has 2 N–H and O–H groups in total. The van der Waals surface area contributed by atoms with E-state index in [-0.39, 0.29) is 0 Å². The summed E-state index contributed by atoms with van der Waals surface area (Å²) in [5.74, 6) is 0.597. The molecule has 3 aromatic rings. The lowest BCUT2D eigenvalue weighted by Gasteiger charge is -2.12. The Kier molecular flexibility index (Phi) is 3.71. The molecule has 4 heteroatoms. The van der Waals surface area contributed by atoms with E-state index in [0.29, 0.717) is 12.2 Å². The lowest BCUT2D eigenvalue weighted by Crippen LogP contribution is -2.08. The Labute approximate surface area is 130 Å². The molecule has 0 aliphatic heterocycles. The topological polar surface area (TPSA) is 61.8 Å². The zero-order valence-electron chi connectivity index (χ0n) is 13.4. The number of hydrogen-bond acceptors (Lipinski definition) is 3. The zero-order chi connectivity index (χ0) is 15.9. The van der Waals surface area contributed by atoms with Gasteiger partial charge in [0.2, 0.25) is 0 Å². The maximum atomic E-state index is 10.5. The number of aliphatic hydroxyl groups excluding tert-OH is 1. The second-order valence-electron chi connectivity index (χ2n) is 6.00. The number of hydrogen-bond donors (Lipinski definition) is 2. The van der Waals surface area contributed by atoms with Crippen LogP contribution in [0.4, 0.5) is 0 Å². The Bertz CT molecular complexity index is 836. The van der Waals surface area contributed by atoms with Crippen LogP contribution in [0.3, 0.4) is 0 Å². The van der Waals surface area contributed by atoms with Gasteiger partial charge in [0.25, 0.3) is 0 Å². The first-order valence-corrected chi connectivity index (χ1v) is 7.51. The van der Waals surface area contributed by atoms with Gasteiger partial charge in [-0.05, 0) is 62.1 Å². The third-order valence-electron chi connectivity index (χ3n) is 4.36. The maximum Gasteiger partial charge on any atom is 0.136 e. The van der Waals surface area contributed by atoms with Crippen molar-refractivity contribution in [3.05, 3.63) is 58.2 Å². The zero-order valence-corrected chi connectivity index (χ0v) is 13.4. The summed E-state index contributed by atoms with van der Waals surface area (Å²) in [5, 5.41) is 10.5. The second kappa shape index (κ2) is 5.54. The number of aryl methyl sites for hydroxylation is 2. The van der Waals surface area contributed by atoms with Crippen LogP contribution in [0.15, 0.2) is 24.4 Å². The average molecular weight is 295 g/mol. The quantitative estimate of drug-likeness (QED) is 0.777. The van der Waals surface area contributed by atoms with Crippen LogP contribution in [0, 0.1) is 27.7 Å². The smallest absolute Gasteiger partial charge is 0.136 e. The van der Waals surface area contributed by atoms with Crippen molar-refractivity contribution in [3.63, 3.8) is 0 Å². The SMILES string of the molecule is Cc1ccc2nc(C(O)Cc3ncc(C)c(C)c3C)[nH]c2c1. The van der Waals surface area contributed by atoms with Crippen molar-refractivity contribution >= 4 is 11.0 Å². The van der Waals surface area contributed by atoms with Crippen LogP contribution in [-0.2, 0) is 6.42 Å². The van der Waals surface area contributed by atoms with Crippen LogP contribution in [0.5, 0.6) is 0 Å². The van der Waals surface area contributed by atoms with Crippen molar-refractivity contribution in [2.45, 2.75) is 40.2 Å². The molecular formula is C18H21N3O. The van der Waals surface area contributed by atoms with E-state index in [1.165, 1.54) is 16.7 Å². The van der Waals surface area contributed by atoms with Gasteiger partial charge < -0.3 is 10.1 Å². The molecule has 0 saturated heterocycles. The van der Waals surface area contributed by atoms with Gasteiger partial charge in [-0.3, -0.25) is 4.98 Å².